The fourth-order valence-electron chi connectivity index (χ4n) is 1.81. The van der Waals surface area contributed by atoms with E-state index >= 15 is 0 Å². The van der Waals surface area contributed by atoms with Gasteiger partial charge >= 0.3 is 0 Å². The van der Waals surface area contributed by atoms with Crippen LogP contribution >= 0.6 is 0 Å². The first-order valence-electron chi connectivity index (χ1n) is 5.33. The van der Waals surface area contributed by atoms with Gasteiger partial charge < -0.3 is 20.2 Å². The highest BCUT2D eigenvalue weighted by molar-refractivity contribution is 5.46. The molecule has 0 spiro atoms. The van der Waals surface area contributed by atoms with E-state index in [9.17, 15) is 15.3 Å². The van der Waals surface area contributed by atoms with E-state index in [-0.39, 0.29) is 0 Å². The van der Waals surface area contributed by atoms with Gasteiger partial charge in [-0.25, -0.2) is 0 Å². The van der Waals surface area contributed by atoms with Crippen LogP contribution < -0.4 is 4.90 Å². The molecule has 88 valence electrons. The zero-order valence-electron chi connectivity index (χ0n) is 9.11. The van der Waals surface area contributed by atoms with Crippen LogP contribution in [0, 0.1) is 0 Å². The summed E-state index contributed by atoms with van der Waals surface area (Å²) in [7, 11) is 0. The molecule has 2 unspecified atom stereocenters. The van der Waals surface area contributed by atoms with Crippen LogP contribution in [0.2, 0.25) is 0 Å². The summed E-state index contributed by atoms with van der Waals surface area (Å²) < 4.78 is 0. The van der Waals surface area contributed by atoms with Gasteiger partial charge in [0, 0.05) is 13.1 Å². The van der Waals surface area contributed by atoms with Crippen molar-refractivity contribution in [2.24, 2.45) is 0 Å². The molecule has 16 heavy (non-hydrogen) atoms. The number of aliphatic hydroxyl groups is 3. The van der Waals surface area contributed by atoms with Crippen LogP contribution in [0.1, 0.15) is 18.7 Å². The van der Waals surface area contributed by atoms with Crippen molar-refractivity contribution < 1.29 is 15.3 Å². The van der Waals surface area contributed by atoms with Crippen LogP contribution in [-0.4, -0.2) is 45.6 Å². The molecule has 1 aliphatic heterocycles. The van der Waals surface area contributed by atoms with Gasteiger partial charge in [-0.3, -0.25) is 4.98 Å². The van der Waals surface area contributed by atoms with E-state index in [1.54, 1.807) is 19.2 Å². The molecule has 0 aliphatic carbocycles. The molecule has 0 aromatic carbocycles. The van der Waals surface area contributed by atoms with Gasteiger partial charge in [-0.1, -0.05) is 0 Å². The number of aromatic nitrogens is 1. The first-order valence-corrected chi connectivity index (χ1v) is 5.33. The molecule has 1 fully saturated rings. The van der Waals surface area contributed by atoms with Crippen molar-refractivity contribution in [2.45, 2.75) is 25.2 Å². The Bertz CT molecular complexity index is 343. The highest BCUT2D eigenvalue weighted by Gasteiger charge is 2.29. The maximum absolute atomic E-state index is 9.42. The average Bonchev–Trinajstić information content (AvgIpc) is 2.59. The van der Waals surface area contributed by atoms with Crippen LogP contribution in [0.5, 0.6) is 0 Å². The first-order chi connectivity index (χ1) is 7.58. The van der Waals surface area contributed by atoms with Crippen molar-refractivity contribution in [1.82, 2.24) is 4.98 Å². The summed E-state index contributed by atoms with van der Waals surface area (Å²) in [5.41, 5.74) is 1.46. The van der Waals surface area contributed by atoms with Crippen LogP contribution in [0.25, 0.3) is 0 Å². The zero-order chi connectivity index (χ0) is 11.7. The third-order valence-electron chi connectivity index (χ3n) is 2.82. The summed E-state index contributed by atoms with van der Waals surface area (Å²) in [6, 6.07) is 3.58. The lowest BCUT2D eigenvalue weighted by molar-refractivity contribution is 0.0572. The third kappa shape index (κ3) is 2.16. The van der Waals surface area contributed by atoms with Crippen molar-refractivity contribution in [3.8, 4) is 0 Å². The van der Waals surface area contributed by atoms with Gasteiger partial charge in [0.1, 0.15) is 0 Å². The lowest BCUT2D eigenvalue weighted by atomic mass is 10.2. The van der Waals surface area contributed by atoms with Crippen molar-refractivity contribution in [1.29, 1.82) is 0 Å². The molecule has 1 aromatic rings. The minimum absolute atomic E-state index is 0.414. The molecular weight excluding hydrogens is 208 g/mol. The summed E-state index contributed by atoms with van der Waals surface area (Å²) in [6.07, 6.45) is -0.330. The van der Waals surface area contributed by atoms with E-state index in [0.717, 1.165) is 5.69 Å². The Hall–Kier alpha value is -1.17. The van der Waals surface area contributed by atoms with E-state index in [2.05, 4.69) is 4.98 Å². The second-order valence-corrected chi connectivity index (χ2v) is 4.16. The Morgan fingerprint density at radius 1 is 1.31 bits per heavy atom. The van der Waals surface area contributed by atoms with Gasteiger partial charge in [-0.2, -0.15) is 0 Å². The van der Waals surface area contributed by atoms with Crippen LogP contribution in [0.3, 0.4) is 0 Å². The number of nitrogens with zero attached hydrogens (tertiary/aromatic N) is 2. The zero-order valence-corrected chi connectivity index (χ0v) is 9.11. The lowest BCUT2D eigenvalue weighted by Crippen LogP contribution is -2.22. The summed E-state index contributed by atoms with van der Waals surface area (Å²) in [5.74, 6) is 0. The molecule has 0 amide bonds. The van der Waals surface area contributed by atoms with E-state index in [1.165, 1.54) is 0 Å². The molecule has 0 radical (unpaired) electrons. The summed E-state index contributed by atoms with van der Waals surface area (Å²) in [4.78, 5) is 5.99. The minimum atomic E-state index is -0.698. The topological polar surface area (TPSA) is 76.8 Å². The fraction of sp³-hybridized carbons (Fsp3) is 0.545. The lowest BCUT2D eigenvalue weighted by Gasteiger charge is -2.17. The van der Waals surface area contributed by atoms with Crippen molar-refractivity contribution >= 4 is 5.69 Å². The molecule has 2 heterocycles. The molecule has 1 aromatic heterocycles. The number of aliphatic hydroxyl groups excluding tert-OH is 3. The van der Waals surface area contributed by atoms with Crippen LogP contribution in [0.4, 0.5) is 5.69 Å². The quantitative estimate of drug-likeness (QED) is 0.641. The highest BCUT2D eigenvalue weighted by Crippen LogP contribution is 2.21. The Kier molecular flexibility index (Phi) is 3.09. The van der Waals surface area contributed by atoms with Gasteiger partial charge in [-0.05, 0) is 19.1 Å². The first kappa shape index (κ1) is 11.3. The highest BCUT2D eigenvalue weighted by atomic mass is 16.3. The number of rotatable bonds is 2. The number of β-amino-alcohol motifs (C(OH)–C–C–N with tert-alkyl or cyclic N) is 2. The van der Waals surface area contributed by atoms with Gasteiger partial charge in [0.15, 0.2) is 0 Å². The largest absolute Gasteiger partial charge is 0.389 e. The van der Waals surface area contributed by atoms with E-state index in [4.69, 9.17) is 0 Å². The van der Waals surface area contributed by atoms with Crippen LogP contribution in [0.15, 0.2) is 18.3 Å². The maximum atomic E-state index is 9.42. The Labute approximate surface area is 94.0 Å². The van der Waals surface area contributed by atoms with Crippen molar-refractivity contribution in [2.75, 3.05) is 18.0 Å². The third-order valence-corrected chi connectivity index (χ3v) is 2.82. The molecule has 5 nitrogen and oxygen atoms in total. The van der Waals surface area contributed by atoms with Gasteiger partial charge in [0.05, 0.1) is 35.9 Å². The summed E-state index contributed by atoms with van der Waals surface area (Å²) in [5, 5.41) is 28.1. The Morgan fingerprint density at radius 2 is 1.94 bits per heavy atom. The molecule has 1 saturated heterocycles. The van der Waals surface area contributed by atoms with Crippen molar-refractivity contribution in [3.05, 3.63) is 24.0 Å². The average molecular weight is 224 g/mol. The molecule has 5 heteroatoms. The Morgan fingerprint density at radius 3 is 2.38 bits per heavy atom. The predicted octanol–water partition coefficient (Wildman–Crippen LogP) is -0.323. The maximum Gasteiger partial charge on any atom is 0.0990 e. The SMILES string of the molecule is C[C@H](O)c1ccc(N2CC(O)C(O)C2)cn1. The minimum Gasteiger partial charge on any atom is -0.389 e. The van der Waals surface area contributed by atoms with E-state index < -0.39 is 18.3 Å². The summed E-state index contributed by atoms with van der Waals surface area (Å²) >= 11 is 0. The van der Waals surface area contributed by atoms with Gasteiger partial charge in [0.2, 0.25) is 0 Å². The molecular formula is C11H16N2O3. The number of hydrogen-bond donors (Lipinski definition) is 3. The van der Waals surface area contributed by atoms with E-state index in [1.807, 2.05) is 11.0 Å². The summed E-state index contributed by atoms with van der Waals surface area (Å²) in [6.45, 7) is 2.49. The van der Waals surface area contributed by atoms with Gasteiger partial charge in [0.25, 0.3) is 0 Å². The van der Waals surface area contributed by atoms with E-state index in [0.29, 0.717) is 18.8 Å². The molecule has 0 saturated carbocycles. The number of pyridine rings is 1. The normalized spacial score (nSPS) is 27.1. The standard InChI is InChI=1S/C11H16N2O3/c1-7(14)9-3-2-8(4-12-9)13-5-10(15)11(16)6-13/h2-4,7,10-11,14-16H,5-6H2,1H3/t7-,10?,11?/m0/s1. The second-order valence-electron chi connectivity index (χ2n) is 4.16. The molecule has 2 rings (SSSR count). The molecule has 3 N–H and O–H groups in total. The smallest absolute Gasteiger partial charge is 0.0990 e. The van der Waals surface area contributed by atoms with Gasteiger partial charge in [-0.15, -0.1) is 0 Å². The fourth-order valence-corrected chi connectivity index (χ4v) is 1.81. The molecule has 3 atom stereocenters. The number of anilines is 1. The monoisotopic (exact) mass is 224 g/mol. The Balaban J connectivity index is 2.11. The predicted molar refractivity (Wildman–Crippen MR) is 59.1 cm³/mol. The van der Waals surface area contributed by atoms with Crippen molar-refractivity contribution in [3.63, 3.8) is 0 Å². The molecule has 0 bridgehead atoms. The number of hydrogen-bond acceptors (Lipinski definition) is 5. The van der Waals surface area contributed by atoms with Crippen LogP contribution in [-0.2, 0) is 0 Å². The molecule has 1 aliphatic rings. The second kappa shape index (κ2) is 4.37.